The Morgan fingerprint density at radius 2 is 1.70 bits per heavy atom. The van der Waals surface area contributed by atoms with Crippen molar-refractivity contribution in [1.29, 1.82) is 0 Å². The molecule has 4 N–H and O–H groups in total. The van der Waals surface area contributed by atoms with Gasteiger partial charge in [-0.1, -0.05) is 62.4 Å². The fraction of sp³-hybridized carbons (Fsp3) is 0.639. The van der Waals surface area contributed by atoms with Gasteiger partial charge in [0.1, 0.15) is 12.8 Å². The van der Waals surface area contributed by atoms with Crippen LogP contribution in [-0.2, 0) is 20.8 Å². The summed E-state index contributed by atoms with van der Waals surface area (Å²) in [4.78, 5) is 43.4. The van der Waals surface area contributed by atoms with Gasteiger partial charge >= 0.3 is 0 Å². The number of benzene rings is 1. The van der Waals surface area contributed by atoms with Crippen molar-refractivity contribution in [3.8, 4) is 24.7 Å². The van der Waals surface area contributed by atoms with E-state index in [9.17, 15) is 29.0 Å². The molecule has 1 aromatic rings. The molecule has 10 heteroatoms. The summed E-state index contributed by atoms with van der Waals surface area (Å²) < 4.78 is 12.9. The van der Waals surface area contributed by atoms with Crippen LogP contribution in [0.1, 0.15) is 76.2 Å². The largest absolute Gasteiger partial charge is 0.390 e. The monoisotopic (exact) mass is 640 g/mol. The zero-order chi connectivity index (χ0) is 33.9. The van der Waals surface area contributed by atoms with Gasteiger partial charge in [-0.25, -0.2) is 4.39 Å². The van der Waals surface area contributed by atoms with E-state index >= 15 is 0 Å². The summed E-state index contributed by atoms with van der Waals surface area (Å²) >= 11 is 0. The van der Waals surface area contributed by atoms with Crippen molar-refractivity contribution in [3.63, 3.8) is 0 Å². The highest BCUT2D eigenvalue weighted by molar-refractivity contribution is 5.91. The average Bonchev–Trinajstić information content (AvgIpc) is 3.06. The lowest BCUT2D eigenvalue weighted by molar-refractivity contribution is -0.137. The Bertz CT molecular complexity index is 1150. The molecule has 0 heterocycles. The maximum absolute atomic E-state index is 13.7. The molecular formula is C36H53FN4O5. The van der Waals surface area contributed by atoms with Crippen molar-refractivity contribution >= 4 is 17.7 Å². The fourth-order valence-electron chi connectivity index (χ4n) is 5.85. The number of aliphatic hydroxyl groups excluding tert-OH is 2. The zero-order valence-electron chi connectivity index (χ0n) is 27.5. The Morgan fingerprint density at radius 1 is 1.00 bits per heavy atom. The molecule has 0 spiro atoms. The first-order chi connectivity index (χ1) is 22.1. The average molecular weight is 641 g/mol. The second kappa shape index (κ2) is 21.4. The van der Waals surface area contributed by atoms with E-state index in [1.54, 1.807) is 14.1 Å². The number of carbonyl (C=O) groups is 3. The molecule has 0 aliphatic heterocycles. The minimum atomic E-state index is -1.22. The first kappa shape index (κ1) is 38.7. The summed E-state index contributed by atoms with van der Waals surface area (Å²) in [5, 5.41) is 27.5. The van der Waals surface area contributed by atoms with Crippen LogP contribution in [0.3, 0.4) is 0 Å². The van der Waals surface area contributed by atoms with Crippen molar-refractivity contribution in [2.75, 3.05) is 34.0 Å². The van der Waals surface area contributed by atoms with Crippen LogP contribution in [0, 0.1) is 36.5 Å². The van der Waals surface area contributed by atoms with Gasteiger partial charge in [-0.15, -0.1) is 24.7 Å². The van der Waals surface area contributed by atoms with Crippen LogP contribution in [0.25, 0.3) is 0 Å². The number of likely N-dealkylation sites (N-methyl/N-ethyl adjacent to an activating group) is 2. The lowest BCUT2D eigenvalue weighted by atomic mass is 9.82. The van der Waals surface area contributed by atoms with Gasteiger partial charge in [-0.2, -0.15) is 0 Å². The second-order valence-corrected chi connectivity index (χ2v) is 12.6. The van der Waals surface area contributed by atoms with E-state index in [1.165, 1.54) is 9.80 Å². The van der Waals surface area contributed by atoms with Crippen LogP contribution in [-0.4, -0.2) is 96.0 Å². The van der Waals surface area contributed by atoms with Crippen LogP contribution < -0.4 is 10.6 Å². The zero-order valence-corrected chi connectivity index (χ0v) is 27.5. The van der Waals surface area contributed by atoms with Gasteiger partial charge in [0.25, 0.3) is 0 Å². The smallest absolute Gasteiger partial charge is 0.243 e. The van der Waals surface area contributed by atoms with Crippen molar-refractivity contribution in [1.82, 2.24) is 20.4 Å². The van der Waals surface area contributed by atoms with Gasteiger partial charge in [0.05, 0.1) is 24.2 Å². The number of amides is 3. The van der Waals surface area contributed by atoms with E-state index in [0.29, 0.717) is 38.8 Å². The molecule has 9 nitrogen and oxygen atoms in total. The van der Waals surface area contributed by atoms with Gasteiger partial charge in [0.15, 0.2) is 0 Å². The number of alkyl halides is 1. The van der Waals surface area contributed by atoms with Gasteiger partial charge < -0.3 is 25.7 Å². The summed E-state index contributed by atoms with van der Waals surface area (Å²) in [5.74, 6) is 3.14. The number of carbonyl (C=O) groups excluding carboxylic acids is 3. The maximum Gasteiger partial charge on any atom is 0.243 e. The Morgan fingerprint density at radius 3 is 2.33 bits per heavy atom. The van der Waals surface area contributed by atoms with Crippen molar-refractivity contribution in [3.05, 3.63) is 35.9 Å². The third-order valence-electron chi connectivity index (χ3n) is 8.79. The van der Waals surface area contributed by atoms with Crippen molar-refractivity contribution in [2.45, 2.75) is 101 Å². The van der Waals surface area contributed by atoms with E-state index in [0.717, 1.165) is 37.7 Å². The SMILES string of the molecule is C#CCCC[C@H](O)[C@H](O)[C@H](CC1CCCCC1)NC(=O)[C@H](CC#C)NC(=O)[C@@H](CC(=O)N(C)CCN(C)CF)Cc1ccccc1. The summed E-state index contributed by atoms with van der Waals surface area (Å²) in [7, 11) is 3.22. The van der Waals surface area contributed by atoms with Gasteiger partial charge in [0, 0.05) is 39.4 Å². The molecule has 2 rings (SSSR count). The lowest BCUT2D eigenvalue weighted by Crippen LogP contribution is -2.56. The minimum absolute atomic E-state index is 0.101. The molecule has 1 aliphatic carbocycles. The standard InChI is InChI=1S/C36H53FN4O5/c1-5-7-10-20-32(42)34(44)31(24-28-18-13-9-14-19-28)39-36(46)30(15-6-2)38-35(45)29(23-27-16-11-8-12-17-27)25-33(43)41(4)22-21-40(3)26-37/h1-2,8,11-12,16-17,28-32,34,42,44H,7,9-10,13-15,18-26H2,3-4H3,(H,38,45)(H,39,46)/t29-,30+,31+,32+,34-/m1/s1. The molecule has 1 fully saturated rings. The molecular weight excluding hydrogens is 587 g/mol. The van der Waals surface area contributed by atoms with Crippen LogP contribution >= 0.6 is 0 Å². The Labute approximate surface area is 274 Å². The topological polar surface area (TPSA) is 122 Å². The molecule has 0 bridgehead atoms. The molecule has 254 valence electrons. The molecule has 5 atom stereocenters. The van der Waals surface area contributed by atoms with Gasteiger partial charge in [-0.3, -0.25) is 19.3 Å². The number of hydrogen-bond acceptors (Lipinski definition) is 6. The van der Waals surface area contributed by atoms with E-state index < -0.39 is 48.8 Å². The molecule has 46 heavy (non-hydrogen) atoms. The quantitative estimate of drug-likeness (QED) is 0.0988. The molecule has 3 amide bonds. The first-order valence-corrected chi connectivity index (χ1v) is 16.5. The Hall–Kier alpha value is -3.44. The van der Waals surface area contributed by atoms with Crippen molar-refractivity contribution < 1.29 is 29.0 Å². The predicted octanol–water partition coefficient (Wildman–Crippen LogP) is 3.04. The van der Waals surface area contributed by atoms with E-state index in [-0.39, 0.29) is 31.1 Å². The molecule has 0 aromatic heterocycles. The third kappa shape index (κ3) is 13.9. The molecule has 0 radical (unpaired) electrons. The predicted molar refractivity (Wildman–Crippen MR) is 178 cm³/mol. The molecule has 1 aromatic carbocycles. The van der Waals surface area contributed by atoms with Crippen LogP contribution in [0.5, 0.6) is 0 Å². The van der Waals surface area contributed by atoms with Crippen LogP contribution in [0.2, 0.25) is 0 Å². The summed E-state index contributed by atoms with van der Waals surface area (Å²) in [6.07, 6.45) is 15.7. The van der Waals surface area contributed by atoms with Crippen LogP contribution in [0.15, 0.2) is 30.3 Å². The minimum Gasteiger partial charge on any atom is -0.390 e. The highest BCUT2D eigenvalue weighted by atomic mass is 19.1. The number of nitrogens with zero attached hydrogens (tertiary/aromatic N) is 2. The highest BCUT2D eigenvalue weighted by Gasteiger charge is 2.34. The molecule has 0 saturated heterocycles. The maximum atomic E-state index is 13.7. The van der Waals surface area contributed by atoms with E-state index in [2.05, 4.69) is 22.5 Å². The second-order valence-electron chi connectivity index (χ2n) is 12.6. The fourth-order valence-corrected chi connectivity index (χ4v) is 5.85. The highest BCUT2D eigenvalue weighted by Crippen LogP contribution is 2.29. The van der Waals surface area contributed by atoms with E-state index in [4.69, 9.17) is 12.8 Å². The number of hydrogen-bond donors (Lipinski definition) is 4. The Balaban J connectivity index is 2.20. The number of unbranched alkanes of at least 4 members (excludes halogenated alkanes) is 1. The Kier molecular flexibility index (Phi) is 18.0. The number of nitrogens with one attached hydrogen (secondary N) is 2. The molecule has 1 aliphatic rings. The number of halogens is 1. The first-order valence-electron chi connectivity index (χ1n) is 16.5. The number of aliphatic hydroxyl groups is 2. The summed E-state index contributed by atoms with van der Waals surface area (Å²) in [6.45, 7) is -0.00546. The number of rotatable bonds is 20. The molecule has 0 unspecified atom stereocenters. The lowest BCUT2D eigenvalue weighted by Gasteiger charge is -2.33. The van der Waals surface area contributed by atoms with Crippen LogP contribution in [0.4, 0.5) is 4.39 Å². The summed E-state index contributed by atoms with van der Waals surface area (Å²) in [6, 6.07) is 7.42. The normalized spacial score (nSPS) is 16.7. The van der Waals surface area contributed by atoms with Gasteiger partial charge in [0.2, 0.25) is 17.7 Å². The third-order valence-corrected chi connectivity index (χ3v) is 8.79. The van der Waals surface area contributed by atoms with E-state index in [1.807, 2.05) is 30.3 Å². The van der Waals surface area contributed by atoms with Crippen molar-refractivity contribution in [2.24, 2.45) is 11.8 Å². The number of terminal acetylenes is 2. The summed E-state index contributed by atoms with van der Waals surface area (Å²) in [5.41, 5.74) is 0.850. The van der Waals surface area contributed by atoms with Gasteiger partial charge in [-0.05, 0) is 44.2 Å². The molecule has 1 saturated carbocycles.